The molecule has 0 heterocycles. The molecule has 3 nitrogen and oxygen atoms in total. The Balaban J connectivity index is 3.35. The lowest BCUT2D eigenvalue weighted by Crippen LogP contribution is -2.13. The molecular formula is C14H22O3. The van der Waals surface area contributed by atoms with Crippen molar-refractivity contribution in [2.24, 2.45) is 0 Å². The van der Waals surface area contributed by atoms with Crippen LogP contribution in [-0.4, -0.2) is 23.9 Å². The Bertz CT molecular complexity index is 391. The minimum atomic E-state index is -0.141. The number of ether oxygens (including phenoxy) is 1. The summed E-state index contributed by atoms with van der Waals surface area (Å²) in [5, 5.41) is 19.2. The van der Waals surface area contributed by atoms with Crippen LogP contribution in [-0.2, 0) is 5.41 Å². The highest BCUT2D eigenvalue weighted by Gasteiger charge is 2.22. The van der Waals surface area contributed by atoms with Gasteiger partial charge in [-0.1, -0.05) is 27.7 Å². The van der Waals surface area contributed by atoms with E-state index in [9.17, 15) is 10.2 Å². The van der Waals surface area contributed by atoms with Crippen molar-refractivity contribution < 1.29 is 14.9 Å². The first-order valence-electron chi connectivity index (χ1n) is 5.83. The number of aromatic hydroxyl groups is 1. The second-order valence-electron chi connectivity index (χ2n) is 5.44. The molecule has 0 saturated heterocycles. The number of hydrogen-bond acceptors (Lipinski definition) is 3. The molecule has 3 heteroatoms. The van der Waals surface area contributed by atoms with E-state index in [1.165, 1.54) is 0 Å². The van der Waals surface area contributed by atoms with Crippen molar-refractivity contribution in [2.75, 3.05) is 13.7 Å². The summed E-state index contributed by atoms with van der Waals surface area (Å²) in [6.45, 7) is 8.04. The van der Waals surface area contributed by atoms with Gasteiger partial charge in [0.1, 0.15) is 11.5 Å². The third kappa shape index (κ3) is 2.91. The Morgan fingerprint density at radius 3 is 2.29 bits per heavy atom. The minimum absolute atomic E-state index is 0.0324. The highest BCUT2D eigenvalue weighted by atomic mass is 16.5. The summed E-state index contributed by atoms with van der Waals surface area (Å²) in [5.41, 5.74) is 1.54. The minimum Gasteiger partial charge on any atom is -0.508 e. The molecule has 0 spiro atoms. The summed E-state index contributed by atoms with van der Waals surface area (Å²) in [5.74, 6) is 0.924. The number of aliphatic hydroxyl groups excluding tert-OH is 1. The third-order valence-electron chi connectivity index (χ3n) is 2.96. The molecule has 1 aromatic rings. The smallest absolute Gasteiger partial charge is 0.122 e. The largest absolute Gasteiger partial charge is 0.508 e. The molecule has 1 unspecified atom stereocenters. The van der Waals surface area contributed by atoms with Gasteiger partial charge in [0.2, 0.25) is 0 Å². The molecule has 1 rings (SSSR count). The lowest BCUT2D eigenvalue weighted by Gasteiger charge is -2.23. The average Bonchev–Trinajstić information content (AvgIpc) is 2.26. The Morgan fingerprint density at radius 1 is 1.29 bits per heavy atom. The molecular weight excluding hydrogens is 216 g/mol. The van der Waals surface area contributed by atoms with Crippen molar-refractivity contribution in [1.82, 2.24) is 0 Å². The molecule has 0 bridgehead atoms. The van der Waals surface area contributed by atoms with Gasteiger partial charge < -0.3 is 14.9 Å². The number of benzene rings is 1. The molecule has 1 aromatic carbocycles. The van der Waals surface area contributed by atoms with Gasteiger partial charge in [-0.05, 0) is 17.5 Å². The van der Waals surface area contributed by atoms with Crippen LogP contribution in [0.4, 0.5) is 0 Å². The third-order valence-corrected chi connectivity index (χ3v) is 2.96. The van der Waals surface area contributed by atoms with Crippen molar-refractivity contribution >= 4 is 0 Å². The van der Waals surface area contributed by atoms with Crippen LogP contribution in [0.2, 0.25) is 0 Å². The van der Waals surface area contributed by atoms with Gasteiger partial charge in [0.05, 0.1) is 7.11 Å². The van der Waals surface area contributed by atoms with Gasteiger partial charge in [0.25, 0.3) is 0 Å². The zero-order valence-electron chi connectivity index (χ0n) is 11.2. The van der Waals surface area contributed by atoms with Gasteiger partial charge in [-0.3, -0.25) is 0 Å². The van der Waals surface area contributed by atoms with E-state index >= 15 is 0 Å². The maximum Gasteiger partial charge on any atom is 0.122 e. The molecule has 0 aliphatic rings. The molecule has 0 radical (unpaired) electrons. The van der Waals surface area contributed by atoms with Crippen LogP contribution in [0.15, 0.2) is 12.1 Å². The maximum absolute atomic E-state index is 10.1. The van der Waals surface area contributed by atoms with Gasteiger partial charge in [-0.15, -0.1) is 0 Å². The lowest BCUT2D eigenvalue weighted by molar-refractivity contribution is 0.269. The molecule has 96 valence electrons. The summed E-state index contributed by atoms with van der Waals surface area (Å²) in [6, 6.07) is 3.55. The average molecular weight is 238 g/mol. The van der Waals surface area contributed by atoms with Crippen LogP contribution in [0.5, 0.6) is 11.5 Å². The molecule has 0 aliphatic heterocycles. The predicted octanol–water partition coefficient (Wildman–Crippen LogP) is 2.79. The van der Waals surface area contributed by atoms with E-state index in [1.54, 1.807) is 13.2 Å². The SMILES string of the molecule is COc1cc(C(C)(C)C)c(O)cc1C(C)CO. The monoisotopic (exact) mass is 238 g/mol. The normalized spacial score (nSPS) is 13.5. The van der Waals surface area contributed by atoms with Gasteiger partial charge in [-0.2, -0.15) is 0 Å². The van der Waals surface area contributed by atoms with Gasteiger partial charge in [-0.25, -0.2) is 0 Å². The number of aliphatic hydroxyl groups is 1. The number of rotatable bonds is 3. The second kappa shape index (κ2) is 4.96. The number of phenols is 1. The standard InChI is InChI=1S/C14H22O3/c1-9(8-15)10-6-12(16)11(14(2,3)4)7-13(10)17-5/h6-7,9,15-16H,8H2,1-5H3. The molecule has 1 atom stereocenters. The van der Waals surface area contributed by atoms with Crippen LogP contribution < -0.4 is 4.74 Å². The Labute approximate surface area is 103 Å². The topological polar surface area (TPSA) is 49.7 Å². The first-order chi connectivity index (χ1) is 7.81. The van der Waals surface area contributed by atoms with Crippen molar-refractivity contribution in [3.63, 3.8) is 0 Å². The summed E-state index contributed by atoms with van der Waals surface area (Å²) in [6.07, 6.45) is 0. The number of hydrogen-bond donors (Lipinski definition) is 2. The fraction of sp³-hybridized carbons (Fsp3) is 0.571. The van der Waals surface area contributed by atoms with Gasteiger partial charge >= 0.3 is 0 Å². The number of phenolic OH excluding ortho intramolecular Hbond substituents is 1. The van der Waals surface area contributed by atoms with Crippen molar-refractivity contribution in [1.29, 1.82) is 0 Å². The quantitative estimate of drug-likeness (QED) is 0.851. The highest BCUT2D eigenvalue weighted by molar-refractivity contribution is 5.49. The molecule has 0 fully saturated rings. The van der Waals surface area contributed by atoms with Crippen molar-refractivity contribution in [2.45, 2.75) is 39.0 Å². The van der Waals surface area contributed by atoms with E-state index in [-0.39, 0.29) is 23.7 Å². The summed E-state index contributed by atoms with van der Waals surface area (Å²) in [7, 11) is 1.60. The Morgan fingerprint density at radius 2 is 1.88 bits per heavy atom. The van der Waals surface area contributed by atoms with E-state index in [1.807, 2.05) is 33.8 Å². The molecule has 0 aromatic heterocycles. The van der Waals surface area contributed by atoms with Crippen LogP contribution in [0, 0.1) is 0 Å². The second-order valence-corrected chi connectivity index (χ2v) is 5.44. The number of methoxy groups -OCH3 is 1. The van der Waals surface area contributed by atoms with Crippen LogP contribution in [0.3, 0.4) is 0 Å². The Kier molecular flexibility index (Phi) is 4.04. The van der Waals surface area contributed by atoms with E-state index in [2.05, 4.69) is 0 Å². The fourth-order valence-corrected chi connectivity index (χ4v) is 1.85. The van der Waals surface area contributed by atoms with Gasteiger partial charge in [0, 0.05) is 23.7 Å². The van der Waals surface area contributed by atoms with Crippen LogP contribution >= 0.6 is 0 Å². The van der Waals surface area contributed by atoms with E-state index in [0.717, 1.165) is 11.1 Å². The maximum atomic E-state index is 10.1. The first kappa shape index (κ1) is 13.8. The lowest BCUT2D eigenvalue weighted by atomic mass is 9.84. The molecule has 17 heavy (non-hydrogen) atoms. The van der Waals surface area contributed by atoms with Crippen LogP contribution in [0.1, 0.15) is 44.7 Å². The molecule has 0 saturated carbocycles. The molecule has 2 N–H and O–H groups in total. The van der Waals surface area contributed by atoms with Crippen molar-refractivity contribution in [3.8, 4) is 11.5 Å². The van der Waals surface area contributed by atoms with Gasteiger partial charge in [0.15, 0.2) is 0 Å². The van der Waals surface area contributed by atoms with E-state index < -0.39 is 0 Å². The predicted molar refractivity (Wildman–Crippen MR) is 68.9 cm³/mol. The fourth-order valence-electron chi connectivity index (χ4n) is 1.85. The van der Waals surface area contributed by atoms with E-state index in [4.69, 9.17) is 4.74 Å². The Hall–Kier alpha value is -1.22. The van der Waals surface area contributed by atoms with E-state index in [0.29, 0.717) is 5.75 Å². The molecule has 0 amide bonds. The molecule has 0 aliphatic carbocycles. The first-order valence-corrected chi connectivity index (χ1v) is 5.83. The zero-order valence-corrected chi connectivity index (χ0v) is 11.2. The van der Waals surface area contributed by atoms with Crippen molar-refractivity contribution in [3.05, 3.63) is 23.3 Å². The van der Waals surface area contributed by atoms with Crippen LogP contribution in [0.25, 0.3) is 0 Å². The summed E-state index contributed by atoms with van der Waals surface area (Å²) in [4.78, 5) is 0. The zero-order chi connectivity index (χ0) is 13.2. The highest BCUT2D eigenvalue weighted by Crippen LogP contribution is 2.38. The summed E-state index contributed by atoms with van der Waals surface area (Å²) >= 11 is 0. The summed E-state index contributed by atoms with van der Waals surface area (Å²) < 4.78 is 5.34.